The van der Waals surface area contributed by atoms with E-state index in [0.717, 1.165) is 21.7 Å². The molecule has 0 saturated carbocycles. The van der Waals surface area contributed by atoms with Crippen molar-refractivity contribution in [1.29, 1.82) is 0 Å². The number of sulfonamides is 1. The summed E-state index contributed by atoms with van der Waals surface area (Å²) >= 11 is 12.7. The van der Waals surface area contributed by atoms with Crippen LogP contribution in [-0.4, -0.2) is 49.5 Å². The number of carbonyl (C=O) groups excluding carboxylic acids is 2. The van der Waals surface area contributed by atoms with Gasteiger partial charge in [-0.3, -0.25) is 13.9 Å². The Labute approximate surface area is 218 Å². The van der Waals surface area contributed by atoms with Crippen molar-refractivity contribution in [3.05, 3.63) is 63.1 Å². The lowest BCUT2D eigenvalue weighted by atomic mass is 10.1. The maximum Gasteiger partial charge on any atom is 0.244 e. The fourth-order valence-corrected chi connectivity index (χ4v) is 4.76. The number of nitrogens with zero attached hydrogens (tertiary/aromatic N) is 2. The first-order chi connectivity index (χ1) is 16.0. The number of carbonyl (C=O) groups is 2. The van der Waals surface area contributed by atoms with Crippen LogP contribution >= 0.6 is 23.2 Å². The molecule has 1 atom stereocenters. The zero-order valence-corrected chi connectivity index (χ0v) is 23.5. The van der Waals surface area contributed by atoms with Gasteiger partial charge in [0.1, 0.15) is 12.6 Å². The first-order valence-corrected chi connectivity index (χ1v) is 13.7. The summed E-state index contributed by atoms with van der Waals surface area (Å²) in [6.45, 7) is 10.3. The van der Waals surface area contributed by atoms with Crippen LogP contribution in [-0.2, 0) is 26.2 Å². The molecule has 35 heavy (non-hydrogen) atoms. The Bertz CT molecular complexity index is 1190. The number of benzene rings is 2. The van der Waals surface area contributed by atoms with E-state index < -0.39 is 34.1 Å². The van der Waals surface area contributed by atoms with Gasteiger partial charge in [-0.15, -0.1) is 0 Å². The zero-order chi connectivity index (χ0) is 26.7. The average Bonchev–Trinajstić information content (AvgIpc) is 2.71. The fraction of sp³-hybridized carbons (Fsp3) is 0.440. The molecule has 1 N–H and O–H groups in total. The van der Waals surface area contributed by atoms with E-state index in [4.69, 9.17) is 23.2 Å². The van der Waals surface area contributed by atoms with Crippen LogP contribution < -0.4 is 9.62 Å². The molecule has 2 aromatic carbocycles. The molecule has 0 saturated heterocycles. The van der Waals surface area contributed by atoms with Gasteiger partial charge in [-0.25, -0.2) is 8.42 Å². The number of nitrogens with one attached hydrogen (secondary N) is 1. The van der Waals surface area contributed by atoms with Crippen molar-refractivity contribution in [3.8, 4) is 0 Å². The van der Waals surface area contributed by atoms with Crippen LogP contribution in [0.25, 0.3) is 0 Å². The number of rotatable bonds is 8. The van der Waals surface area contributed by atoms with E-state index in [0.29, 0.717) is 21.3 Å². The molecule has 0 heterocycles. The first-order valence-electron chi connectivity index (χ1n) is 11.1. The summed E-state index contributed by atoms with van der Waals surface area (Å²) in [6, 6.07) is 9.22. The highest BCUT2D eigenvalue weighted by Gasteiger charge is 2.32. The van der Waals surface area contributed by atoms with Gasteiger partial charge < -0.3 is 10.2 Å². The highest BCUT2D eigenvalue weighted by Crippen LogP contribution is 2.27. The molecule has 10 heteroatoms. The van der Waals surface area contributed by atoms with Crippen LogP contribution in [0.1, 0.15) is 44.4 Å². The largest absolute Gasteiger partial charge is 0.350 e. The molecule has 0 aliphatic rings. The van der Waals surface area contributed by atoms with Gasteiger partial charge in [-0.2, -0.15) is 0 Å². The minimum Gasteiger partial charge on any atom is -0.350 e. The van der Waals surface area contributed by atoms with Crippen LogP contribution in [0.4, 0.5) is 5.69 Å². The molecule has 0 radical (unpaired) electrons. The predicted octanol–water partition coefficient (Wildman–Crippen LogP) is 4.71. The molecule has 7 nitrogen and oxygen atoms in total. The molecule has 0 bridgehead atoms. The summed E-state index contributed by atoms with van der Waals surface area (Å²) in [4.78, 5) is 27.9. The molecule has 0 unspecified atom stereocenters. The molecule has 0 fully saturated rings. The molecule has 2 amide bonds. The lowest BCUT2D eigenvalue weighted by molar-refractivity contribution is -0.140. The van der Waals surface area contributed by atoms with Gasteiger partial charge in [0, 0.05) is 27.7 Å². The summed E-state index contributed by atoms with van der Waals surface area (Å²) < 4.78 is 26.4. The monoisotopic (exact) mass is 541 g/mol. The third-order valence-electron chi connectivity index (χ3n) is 5.51. The summed E-state index contributed by atoms with van der Waals surface area (Å²) in [5.41, 5.74) is 2.20. The van der Waals surface area contributed by atoms with Crippen molar-refractivity contribution < 1.29 is 18.0 Å². The summed E-state index contributed by atoms with van der Waals surface area (Å²) in [7, 11) is -3.81. The van der Waals surface area contributed by atoms with E-state index in [1.54, 1.807) is 43.3 Å². The maximum absolute atomic E-state index is 13.6. The Kier molecular flexibility index (Phi) is 9.25. The second-order valence-electron chi connectivity index (χ2n) is 9.68. The van der Waals surface area contributed by atoms with Gasteiger partial charge in [0.25, 0.3) is 0 Å². The number of halogens is 2. The van der Waals surface area contributed by atoms with Crippen LogP contribution in [0.5, 0.6) is 0 Å². The second-order valence-corrected chi connectivity index (χ2v) is 12.4. The normalized spacial score (nSPS) is 12.7. The van der Waals surface area contributed by atoms with E-state index in [1.807, 2.05) is 34.6 Å². The second kappa shape index (κ2) is 11.2. The summed E-state index contributed by atoms with van der Waals surface area (Å²) in [5, 5.41) is 3.55. The molecule has 0 spiro atoms. The number of aryl methyl sites for hydroxylation is 2. The lowest BCUT2D eigenvalue weighted by Gasteiger charge is -2.33. The van der Waals surface area contributed by atoms with E-state index in [1.165, 1.54) is 4.90 Å². The Hall–Kier alpha value is -2.29. The molecule has 0 aromatic heterocycles. The van der Waals surface area contributed by atoms with Crippen molar-refractivity contribution in [2.45, 2.75) is 59.7 Å². The third-order valence-corrected chi connectivity index (χ3v) is 7.36. The smallest absolute Gasteiger partial charge is 0.244 e. The van der Waals surface area contributed by atoms with Crippen molar-refractivity contribution in [3.63, 3.8) is 0 Å². The van der Waals surface area contributed by atoms with E-state index in [2.05, 4.69) is 5.32 Å². The SMILES string of the molecule is Cc1ccc(N(CC(=O)N(Cc2c(Cl)cccc2Cl)[C@H](C)C(=O)NC(C)(C)C)S(C)(=O)=O)cc1C. The molecule has 2 aromatic rings. The van der Waals surface area contributed by atoms with Gasteiger partial charge in [-0.05, 0) is 76.9 Å². The molecule has 0 aliphatic heterocycles. The number of anilines is 1. The Morgan fingerprint density at radius 2 is 1.60 bits per heavy atom. The molecule has 192 valence electrons. The van der Waals surface area contributed by atoms with Gasteiger partial charge in [0.05, 0.1) is 11.9 Å². The van der Waals surface area contributed by atoms with Crippen LogP contribution in [0, 0.1) is 13.8 Å². The van der Waals surface area contributed by atoms with Crippen LogP contribution in [0.3, 0.4) is 0 Å². The predicted molar refractivity (Wildman–Crippen MR) is 142 cm³/mol. The van der Waals surface area contributed by atoms with Gasteiger partial charge in [-0.1, -0.05) is 35.3 Å². The van der Waals surface area contributed by atoms with Crippen molar-refractivity contribution in [2.75, 3.05) is 17.1 Å². The summed E-state index contributed by atoms with van der Waals surface area (Å²) in [6.07, 6.45) is 1.04. The van der Waals surface area contributed by atoms with Gasteiger partial charge in [0.15, 0.2) is 0 Å². The summed E-state index contributed by atoms with van der Waals surface area (Å²) in [5.74, 6) is -0.952. The maximum atomic E-state index is 13.6. The average molecular weight is 543 g/mol. The number of amides is 2. The molecule has 2 rings (SSSR count). The van der Waals surface area contributed by atoms with Crippen molar-refractivity contribution in [1.82, 2.24) is 10.2 Å². The topological polar surface area (TPSA) is 86.8 Å². The van der Waals surface area contributed by atoms with E-state index >= 15 is 0 Å². The van der Waals surface area contributed by atoms with Crippen LogP contribution in [0.2, 0.25) is 10.0 Å². The molecular formula is C25H33Cl2N3O4S. The van der Waals surface area contributed by atoms with Crippen molar-refractivity contribution in [2.24, 2.45) is 0 Å². The highest BCUT2D eigenvalue weighted by atomic mass is 35.5. The highest BCUT2D eigenvalue weighted by molar-refractivity contribution is 7.92. The Morgan fingerprint density at radius 3 is 2.09 bits per heavy atom. The number of hydrogen-bond donors (Lipinski definition) is 1. The lowest BCUT2D eigenvalue weighted by Crippen LogP contribution is -2.54. The Morgan fingerprint density at radius 1 is 1.03 bits per heavy atom. The van der Waals surface area contributed by atoms with Crippen molar-refractivity contribution >= 4 is 50.7 Å². The van der Waals surface area contributed by atoms with Crippen LogP contribution in [0.15, 0.2) is 36.4 Å². The fourth-order valence-electron chi connectivity index (χ4n) is 3.40. The standard InChI is InChI=1S/C25H33Cl2N3O4S/c1-16-11-12-19(13-17(16)2)30(35(7,33)34)15-23(31)29(18(3)24(32)28-25(4,5)6)14-20-21(26)9-8-10-22(20)27/h8-13,18H,14-15H2,1-7H3,(H,28,32)/t18-/m1/s1. The van der Waals surface area contributed by atoms with Gasteiger partial charge in [0.2, 0.25) is 21.8 Å². The molecular weight excluding hydrogens is 509 g/mol. The van der Waals surface area contributed by atoms with E-state index in [9.17, 15) is 18.0 Å². The quantitative estimate of drug-likeness (QED) is 0.524. The minimum absolute atomic E-state index is 0.0689. The van der Waals surface area contributed by atoms with E-state index in [-0.39, 0.29) is 12.5 Å². The molecule has 0 aliphatic carbocycles. The zero-order valence-electron chi connectivity index (χ0n) is 21.1. The number of hydrogen-bond acceptors (Lipinski definition) is 4. The first kappa shape index (κ1) is 28.9. The third kappa shape index (κ3) is 7.85. The Balaban J connectivity index is 2.49. The van der Waals surface area contributed by atoms with Gasteiger partial charge >= 0.3 is 0 Å². The minimum atomic E-state index is -3.81.